The lowest BCUT2D eigenvalue weighted by molar-refractivity contribution is -0.122. The summed E-state index contributed by atoms with van der Waals surface area (Å²) in [6, 6.07) is 8.28. The molecule has 2 atom stereocenters. The van der Waals surface area contributed by atoms with Gasteiger partial charge in [-0.1, -0.05) is 26.0 Å². The maximum absolute atomic E-state index is 11.2. The van der Waals surface area contributed by atoms with E-state index in [-0.39, 0.29) is 17.7 Å². The topological polar surface area (TPSA) is 43.1 Å². The molecule has 0 aliphatic heterocycles. The third-order valence-electron chi connectivity index (χ3n) is 2.79. The highest BCUT2D eigenvalue weighted by atomic mass is 127. The van der Waals surface area contributed by atoms with E-state index in [0.717, 1.165) is 6.42 Å². The van der Waals surface area contributed by atoms with Crippen molar-refractivity contribution in [2.45, 2.75) is 26.2 Å². The smallest absolute Gasteiger partial charge is 0.220 e. The van der Waals surface area contributed by atoms with E-state index in [1.54, 1.807) is 0 Å². The number of rotatable bonds is 4. The molecule has 1 aromatic carbocycles. The van der Waals surface area contributed by atoms with Crippen LogP contribution in [-0.2, 0) is 4.79 Å². The number of primary amides is 1. The molecular formula is C12H16INO. The van der Waals surface area contributed by atoms with Crippen molar-refractivity contribution in [1.29, 1.82) is 0 Å². The predicted octanol–water partition coefficient (Wildman–Crippen LogP) is 2.91. The first-order valence-electron chi connectivity index (χ1n) is 5.11. The molecule has 82 valence electrons. The van der Waals surface area contributed by atoms with Crippen LogP contribution in [0.2, 0.25) is 0 Å². The Hall–Kier alpha value is -0.580. The summed E-state index contributed by atoms with van der Waals surface area (Å²) in [5.41, 5.74) is 6.54. The fourth-order valence-electron chi connectivity index (χ4n) is 1.79. The van der Waals surface area contributed by atoms with Crippen LogP contribution in [0.3, 0.4) is 0 Å². The van der Waals surface area contributed by atoms with Crippen LogP contribution in [0.25, 0.3) is 0 Å². The van der Waals surface area contributed by atoms with E-state index in [9.17, 15) is 4.79 Å². The van der Waals surface area contributed by atoms with E-state index >= 15 is 0 Å². The van der Waals surface area contributed by atoms with Gasteiger partial charge in [0.1, 0.15) is 0 Å². The first-order chi connectivity index (χ1) is 7.06. The van der Waals surface area contributed by atoms with Crippen molar-refractivity contribution < 1.29 is 4.79 Å². The normalized spacial score (nSPS) is 14.6. The molecule has 0 radical (unpaired) electrons. The summed E-state index contributed by atoms with van der Waals surface area (Å²) < 4.78 is 1.21. The highest BCUT2D eigenvalue weighted by Gasteiger charge is 2.21. The highest BCUT2D eigenvalue weighted by molar-refractivity contribution is 14.1. The first kappa shape index (κ1) is 12.5. The van der Waals surface area contributed by atoms with Crippen LogP contribution in [0.4, 0.5) is 0 Å². The monoisotopic (exact) mass is 317 g/mol. The fourth-order valence-corrected chi connectivity index (χ4v) is 2.15. The molecule has 2 nitrogen and oxygen atoms in total. The Morgan fingerprint density at radius 1 is 1.40 bits per heavy atom. The molecule has 0 saturated heterocycles. The highest BCUT2D eigenvalue weighted by Crippen LogP contribution is 2.28. The number of carbonyl (C=O) groups excluding carboxylic acids is 1. The molecule has 1 amide bonds. The summed E-state index contributed by atoms with van der Waals surface area (Å²) in [5.74, 6) is -0.0880. The van der Waals surface area contributed by atoms with Gasteiger partial charge in [-0.2, -0.15) is 0 Å². The number of benzene rings is 1. The van der Waals surface area contributed by atoms with Crippen molar-refractivity contribution in [1.82, 2.24) is 0 Å². The summed E-state index contributed by atoms with van der Waals surface area (Å²) in [4.78, 5) is 11.2. The molecule has 0 saturated carbocycles. The SMILES string of the molecule is CCC(c1ccc(I)cc1)C(C)C(N)=O. The summed E-state index contributed by atoms with van der Waals surface area (Å²) in [7, 11) is 0. The average molecular weight is 317 g/mol. The average Bonchev–Trinajstić information content (AvgIpc) is 2.21. The van der Waals surface area contributed by atoms with Gasteiger partial charge in [-0.3, -0.25) is 4.79 Å². The van der Waals surface area contributed by atoms with Gasteiger partial charge in [0.05, 0.1) is 0 Å². The maximum atomic E-state index is 11.2. The van der Waals surface area contributed by atoms with Crippen molar-refractivity contribution >= 4 is 28.5 Å². The molecule has 2 unspecified atom stereocenters. The van der Waals surface area contributed by atoms with Crippen LogP contribution in [0, 0.1) is 9.49 Å². The minimum Gasteiger partial charge on any atom is -0.369 e. The Bertz CT molecular complexity index is 334. The number of hydrogen-bond donors (Lipinski definition) is 1. The second kappa shape index (κ2) is 5.49. The molecule has 0 heterocycles. The van der Waals surface area contributed by atoms with Gasteiger partial charge in [0.15, 0.2) is 0 Å². The number of amides is 1. The summed E-state index contributed by atoms with van der Waals surface area (Å²) in [6.45, 7) is 3.98. The standard InChI is InChI=1S/C12H16INO/c1-3-11(8(2)12(14)15)9-4-6-10(13)7-5-9/h4-8,11H,3H2,1-2H3,(H2,14,15). The predicted molar refractivity (Wildman–Crippen MR) is 70.5 cm³/mol. The first-order valence-corrected chi connectivity index (χ1v) is 6.19. The molecule has 1 aromatic rings. The molecule has 0 spiro atoms. The van der Waals surface area contributed by atoms with Crippen LogP contribution < -0.4 is 5.73 Å². The maximum Gasteiger partial charge on any atom is 0.220 e. The van der Waals surface area contributed by atoms with Gasteiger partial charge in [-0.15, -0.1) is 0 Å². The third-order valence-corrected chi connectivity index (χ3v) is 3.51. The lowest BCUT2D eigenvalue weighted by Gasteiger charge is -2.20. The largest absolute Gasteiger partial charge is 0.369 e. The number of nitrogens with two attached hydrogens (primary N) is 1. The summed E-state index contributed by atoms with van der Waals surface area (Å²) >= 11 is 2.27. The van der Waals surface area contributed by atoms with Crippen molar-refractivity contribution in [2.75, 3.05) is 0 Å². The van der Waals surface area contributed by atoms with E-state index in [0.29, 0.717) is 0 Å². The van der Waals surface area contributed by atoms with E-state index in [1.807, 2.05) is 6.92 Å². The molecular weight excluding hydrogens is 301 g/mol. The molecule has 0 aromatic heterocycles. The van der Waals surface area contributed by atoms with Crippen LogP contribution in [0.15, 0.2) is 24.3 Å². The van der Waals surface area contributed by atoms with Crippen LogP contribution in [0.1, 0.15) is 31.7 Å². The van der Waals surface area contributed by atoms with E-state index in [1.165, 1.54) is 9.13 Å². The Balaban J connectivity index is 2.92. The van der Waals surface area contributed by atoms with Gasteiger partial charge in [0.2, 0.25) is 5.91 Å². The Morgan fingerprint density at radius 2 is 1.93 bits per heavy atom. The molecule has 0 fully saturated rings. The number of halogens is 1. The molecule has 0 aliphatic rings. The number of carbonyl (C=O) groups is 1. The molecule has 2 N–H and O–H groups in total. The second-order valence-electron chi connectivity index (χ2n) is 3.76. The minimum atomic E-state index is -0.222. The van der Waals surface area contributed by atoms with Gasteiger partial charge in [0.25, 0.3) is 0 Å². The van der Waals surface area contributed by atoms with Crippen LogP contribution in [-0.4, -0.2) is 5.91 Å². The Labute approximate surface area is 104 Å². The van der Waals surface area contributed by atoms with Crippen LogP contribution >= 0.6 is 22.6 Å². The molecule has 3 heteroatoms. The quantitative estimate of drug-likeness (QED) is 0.853. The Morgan fingerprint density at radius 3 is 2.33 bits per heavy atom. The van der Waals surface area contributed by atoms with Gasteiger partial charge in [0, 0.05) is 9.49 Å². The van der Waals surface area contributed by atoms with Crippen molar-refractivity contribution in [3.8, 4) is 0 Å². The van der Waals surface area contributed by atoms with E-state index in [4.69, 9.17) is 5.73 Å². The molecule has 0 bridgehead atoms. The minimum absolute atomic E-state index is 0.102. The van der Waals surface area contributed by atoms with E-state index < -0.39 is 0 Å². The van der Waals surface area contributed by atoms with Gasteiger partial charge < -0.3 is 5.73 Å². The van der Waals surface area contributed by atoms with Gasteiger partial charge in [-0.25, -0.2) is 0 Å². The fraction of sp³-hybridized carbons (Fsp3) is 0.417. The molecule has 0 aliphatic carbocycles. The second-order valence-corrected chi connectivity index (χ2v) is 5.00. The zero-order valence-corrected chi connectivity index (χ0v) is 11.2. The van der Waals surface area contributed by atoms with Crippen molar-refractivity contribution in [3.63, 3.8) is 0 Å². The Kier molecular flexibility index (Phi) is 4.57. The third kappa shape index (κ3) is 3.19. The van der Waals surface area contributed by atoms with Gasteiger partial charge >= 0.3 is 0 Å². The lowest BCUT2D eigenvalue weighted by atomic mass is 9.85. The van der Waals surface area contributed by atoms with Crippen LogP contribution in [0.5, 0.6) is 0 Å². The van der Waals surface area contributed by atoms with Crippen molar-refractivity contribution in [2.24, 2.45) is 11.7 Å². The van der Waals surface area contributed by atoms with Gasteiger partial charge in [-0.05, 0) is 52.6 Å². The molecule has 1 rings (SSSR count). The van der Waals surface area contributed by atoms with E-state index in [2.05, 4.69) is 53.8 Å². The lowest BCUT2D eigenvalue weighted by Crippen LogP contribution is -2.26. The zero-order chi connectivity index (χ0) is 11.4. The summed E-state index contributed by atoms with van der Waals surface area (Å²) in [5, 5.41) is 0. The summed E-state index contributed by atoms with van der Waals surface area (Å²) in [6.07, 6.45) is 0.935. The molecule has 15 heavy (non-hydrogen) atoms. The number of hydrogen-bond acceptors (Lipinski definition) is 1. The zero-order valence-electron chi connectivity index (χ0n) is 9.03. The van der Waals surface area contributed by atoms with Crippen molar-refractivity contribution in [3.05, 3.63) is 33.4 Å².